The molecule has 2 aromatic heterocycles. The molecule has 1 aromatic carbocycles. The van der Waals surface area contributed by atoms with Crippen molar-refractivity contribution in [3.05, 3.63) is 35.3 Å². The SMILES string of the molecule is CCN(CC)CCn1c(NC(=O)c2csc(NC(C)=O)n2)nc2ccccc21. The average molecular weight is 401 g/mol. The van der Waals surface area contributed by atoms with E-state index in [0.29, 0.717) is 17.6 Å². The molecule has 8 nitrogen and oxygen atoms in total. The molecule has 0 atom stereocenters. The number of rotatable bonds is 8. The molecule has 0 spiro atoms. The Morgan fingerprint density at radius 2 is 1.89 bits per heavy atom. The van der Waals surface area contributed by atoms with Crippen molar-refractivity contribution in [2.75, 3.05) is 30.3 Å². The Kier molecular flexibility index (Phi) is 6.37. The summed E-state index contributed by atoms with van der Waals surface area (Å²) in [6.07, 6.45) is 0. The monoisotopic (exact) mass is 400 g/mol. The Bertz CT molecular complexity index is 976. The van der Waals surface area contributed by atoms with Crippen LogP contribution in [0.15, 0.2) is 29.6 Å². The van der Waals surface area contributed by atoms with Crippen LogP contribution in [0, 0.1) is 0 Å². The average Bonchev–Trinajstić information content (AvgIpc) is 3.27. The summed E-state index contributed by atoms with van der Waals surface area (Å²) in [6.45, 7) is 9.18. The maximum Gasteiger partial charge on any atom is 0.277 e. The molecule has 9 heteroatoms. The molecule has 28 heavy (non-hydrogen) atoms. The molecule has 0 radical (unpaired) electrons. The fourth-order valence-electron chi connectivity index (χ4n) is 2.93. The van der Waals surface area contributed by atoms with E-state index in [9.17, 15) is 9.59 Å². The third-order valence-corrected chi connectivity index (χ3v) is 5.19. The summed E-state index contributed by atoms with van der Waals surface area (Å²) < 4.78 is 2.02. The number of nitrogens with zero attached hydrogens (tertiary/aromatic N) is 4. The number of anilines is 2. The summed E-state index contributed by atoms with van der Waals surface area (Å²) >= 11 is 1.21. The first kappa shape index (κ1) is 20.0. The molecule has 0 aliphatic carbocycles. The first-order valence-corrected chi connectivity index (χ1v) is 10.1. The highest BCUT2D eigenvalue weighted by molar-refractivity contribution is 7.14. The van der Waals surface area contributed by atoms with Crippen molar-refractivity contribution in [3.8, 4) is 0 Å². The number of carbonyl (C=O) groups excluding carboxylic acids is 2. The van der Waals surface area contributed by atoms with Gasteiger partial charge in [-0.25, -0.2) is 9.97 Å². The first-order chi connectivity index (χ1) is 13.5. The lowest BCUT2D eigenvalue weighted by Crippen LogP contribution is -2.27. The van der Waals surface area contributed by atoms with Crippen LogP contribution in [0.1, 0.15) is 31.3 Å². The van der Waals surface area contributed by atoms with Crippen molar-refractivity contribution in [2.45, 2.75) is 27.3 Å². The molecule has 2 heterocycles. The Morgan fingerprint density at radius 3 is 2.61 bits per heavy atom. The van der Waals surface area contributed by atoms with Crippen LogP contribution >= 0.6 is 11.3 Å². The second kappa shape index (κ2) is 8.94. The van der Waals surface area contributed by atoms with Crippen LogP contribution in [-0.4, -0.2) is 50.9 Å². The number of nitrogens with one attached hydrogen (secondary N) is 2. The highest BCUT2D eigenvalue weighted by Gasteiger charge is 2.17. The van der Waals surface area contributed by atoms with Gasteiger partial charge in [0.25, 0.3) is 5.91 Å². The number of fused-ring (bicyclic) bond motifs is 1. The van der Waals surface area contributed by atoms with E-state index in [1.165, 1.54) is 18.3 Å². The van der Waals surface area contributed by atoms with Gasteiger partial charge in [0.15, 0.2) is 5.13 Å². The molecule has 0 unspecified atom stereocenters. The third-order valence-electron chi connectivity index (χ3n) is 4.43. The fraction of sp³-hybridized carbons (Fsp3) is 0.368. The van der Waals surface area contributed by atoms with Crippen molar-refractivity contribution < 1.29 is 9.59 Å². The molecule has 0 aliphatic heterocycles. The van der Waals surface area contributed by atoms with Gasteiger partial charge in [-0.15, -0.1) is 11.3 Å². The standard InChI is InChI=1S/C19H24N6O2S/c1-4-24(5-2)10-11-25-16-9-7-6-8-14(16)21-18(25)23-17(27)15-12-28-19(22-15)20-13(3)26/h6-9,12H,4-5,10-11H2,1-3H3,(H,20,22,26)(H,21,23,27). The van der Waals surface area contributed by atoms with Gasteiger partial charge < -0.3 is 14.8 Å². The van der Waals surface area contributed by atoms with Crippen molar-refractivity contribution >= 4 is 45.3 Å². The van der Waals surface area contributed by atoms with Crippen LogP contribution in [0.4, 0.5) is 11.1 Å². The molecular weight excluding hydrogens is 376 g/mol. The van der Waals surface area contributed by atoms with E-state index < -0.39 is 0 Å². The molecule has 3 aromatic rings. The van der Waals surface area contributed by atoms with Gasteiger partial charge in [0.05, 0.1) is 11.0 Å². The summed E-state index contributed by atoms with van der Waals surface area (Å²) in [5.41, 5.74) is 2.05. The van der Waals surface area contributed by atoms with Crippen molar-refractivity contribution in [1.29, 1.82) is 0 Å². The Hall–Kier alpha value is -2.78. The topological polar surface area (TPSA) is 92.2 Å². The predicted molar refractivity (Wildman–Crippen MR) is 112 cm³/mol. The zero-order valence-corrected chi connectivity index (χ0v) is 17.0. The van der Waals surface area contributed by atoms with Crippen LogP contribution in [0.25, 0.3) is 11.0 Å². The third kappa shape index (κ3) is 4.55. The highest BCUT2D eigenvalue weighted by Crippen LogP contribution is 2.21. The first-order valence-electron chi connectivity index (χ1n) is 9.23. The second-order valence-electron chi connectivity index (χ2n) is 6.28. The Labute approximate surface area is 167 Å². The lowest BCUT2D eigenvalue weighted by Gasteiger charge is -2.19. The molecule has 0 aliphatic rings. The minimum atomic E-state index is -0.354. The number of amides is 2. The minimum Gasteiger partial charge on any atom is -0.309 e. The van der Waals surface area contributed by atoms with Crippen molar-refractivity contribution in [1.82, 2.24) is 19.4 Å². The van der Waals surface area contributed by atoms with Gasteiger partial charge in [-0.2, -0.15) is 0 Å². The molecule has 0 bridgehead atoms. The van der Waals surface area contributed by atoms with Crippen LogP contribution in [-0.2, 0) is 11.3 Å². The molecule has 0 saturated heterocycles. The minimum absolute atomic E-state index is 0.223. The van der Waals surface area contributed by atoms with E-state index in [1.807, 2.05) is 28.8 Å². The number of thiazole rings is 1. The summed E-state index contributed by atoms with van der Waals surface area (Å²) in [5.74, 6) is -0.0841. The van der Waals surface area contributed by atoms with Crippen LogP contribution in [0.2, 0.25) is 0 Å². The lowest BCUT2D eigenvalue weighted by molar-refractivity contribution is -0.114. The number of carbonyl (C=O) groups is 2. The number of aromatic nitrogens is 3. The summed E-state index contributed by atoms with van der Waals surface area (Å²) in [4.78, 5) is 34.9. The predicted octanol–water partition coefficient (Wildman–Crippen LogP) is 3.05. The largest absolute Gasteiger partial charge is 0.309 e. The number of hydrogen-bond acceptors (Lipinski definition) is 6. The zero-order valence-electron chi connectivity index (χ0n) is 16.2. The quantitative estimate of drug-likeness (QED) is 0.606. The van der Waals surface area contributed by atoms with E-state index >= 15 is 0 Å². The number of likely N-dealkylation sites (N-methyl/N-ethyl adjacent to an activating group) is 1. The summed E-state index contributed by atoms with van der Waals surface area (Å²) in [7, 11) is 0. The maximum atomic E-state index is 12.6. The van der Waals surface area contributed by atoms with Crippen molar-refractivity contribution in [2.24, 2.45) is 0 Å². The number of benzene rings is 1. The van der Waals surface area contributed by atoms with E-state index in [2.05, 4.69) is 39.3 Å². The van der Waals surface area contributed by atoms with Crippen LogP contribution < -0.4 is 10.6 Å². The van der Waals surface area contributed by atoms with E-state index in [4.69, 9.17) is 0 Å². The lowest BCUT2D eigenvalue weighted by atomic mass is 10.3. The molecule has 2 amide bonds. The molecular formula is C19H24N6O2S. The van der Waals surface area contributed by atoms with E-state index in [1.54, 1.807) is 5.38 Å². The smallest absolute Gasteiger partial charge is 0.277 e. The molecule has 148 valence electrons. The molecule has 0 saturated carbocycles. The van der Waals surface area contributed by atoms with E-state index in [-0.39, 0.29) is 17.5 Å². The van der Waals surface area contributed by atoms with E-state index in [0.717, 1.165) is 30.7 Å². The maximum absolute atomic E-state index is 12.6. The zero-order chi connectivity index (χ0) is 20.1. The van der Waals surface area contributed by atoms with Gasteiger partial charge >= 0.3 is 0 Å². The van der Waals surface area contributed by atoms with Gasteiger partial charge in [0, 0.05) is 25.4 Å². The van der Waals surface area contributed by atoms with Gasteiger partial charge in [-0.3, -0.25) is 14.9 Å². The molecule has 3 rings (SSSR count). The number of imidazole rings is 1. The van der Waals surface area contributed by atoms with Crippen LogP contribution in [0.3, 0.4) is 0 Å². The van der Waals surface area contributed by atoms with Crippen LogP contribution in [0.5, 0.6) is 0 Å². The summed E-state index contributed by atoms with van der Waals surface area (Å²) in [6, 6.07) is 7.81. The van der Waals surface area contributed by atoms with Gasteiger partial charge in [-0.05, 0) is 25.2 Å². The van der Waals surface area contributed by atoms with Gasteiger partial charge in [0.2, 0.25) is 11.9 Å². The summed E-state index contributed by atoms with van der Waals surface area (Å²) in [5, 5.41) is 7.46. The molecule has 0 fully saturated rings. The fourth-order valence-corrected chi connectivity index (χ4v) is 3.67. The highest BCUT2D eigenvalue weighted by atomic mass is 32.1. The second-order valence-corrected chi connectivity index (χ2v) is 7.13. The van der Waals surface area contributed by atoms with Crippen molar-refractivity contribution in [3.63, 3.8) is 0 Å². The number of para-hydroxylation sites is 2. The Balaban J connectivity index is 1.83. The van der Waals surface area contributed by atoms with Gasteiger partial charge in [-0.1, -0.05) is 26.0 Å². The van der Waals surface area contributed by atoms with Gasteiger partial charge in [0.1, 0.15) is 5.69 Å². The number of hydrogen-bond donors (Lipinski definition) is 2. The normalized spacial score (nSPS) is 11.1. The molecule has 2 N–H and O–H groups in total. The Morgan fingerprint density at radius 1 is 1.14 bits per heavy atom.